The second-order valence-electron chi connectivity index (χ2n) is 5.27. The van der Waals surface area contributed by atoms with Gasteiger partial charge in [-0.15, -0.1) is 0 Å². The summed E-state index contributed by atoms with van der Waals surface area (Å²) in [5.74, 6) is 1.94. The molecule has 0 aromatic heterocycles. The maximum absolute atomic E-state index is 10.7. The average Bonchev–Trinajstić information content (AvgIpc) is 3.15. The zero-order valence-corrected chi connectivity index (χ0v) is 17.3. The predicted octanol–water partition coefficient (Wildman–Crippen LogP) is -8.20. The van der Waals surface area contributed by atoms with E-state index in [1.807, 2.05) is 0 Å². The molecular formula is C12H20MoN2O16. The predicted molar refractivity (Wildman–Crippen MR) is 74.6 cm³/mol. The van der Waals surface area contributed by atoms with Crippen molar-refractivity contribution in [3.63, 3.8) is 0 Å². The standard InChI is InChI=1S/2C6H9NO6.Mo.4O/c2*7-13-5-3(10)6(11)12-4(5)2(9)1-8;;;;;/h2*2,4,8-9H,1H2,7H3;;;;;/q;;;;;2*-1/p+2/t2*2-,4+;;;;;/m00...../s1. The first-order valence-corrected chi connectivity index (χ1v) is 10.9. The number of cyclic esters (lactones) is 2. The van der Waals surface area contributed by atoms with Gasteiger partial charge in [-0.1, -0.05) is 0 Å². The molecule has 0 aromatic carbocycles. The van der Waals surface area contributed by atoms with Crippen LogP contribution >= 0.6 is 0 Å². The summed E-state index contributed by atoms with van der Waals surface area (Å²) in [5.41, 5.74) is 0. The van der Waals surface area contributed by atoms with Crippen molar-refractivity contribution in [3.8, 4) is 0 Å². The van der Waals surface area contributed by atoms with Crippen LogP contribution < -0.4 is 19.3 Å². The van der Waals surface area contributed by atoms with Crippen LogP contribution in [0, 0.1) is 0 Å². The van der Waals surface area contributed by atoms with Gasteiger partial charge < -0.3 is 49.8 Å². The summed E-state index contributed by atoms with van der Waals surface area (Å²) >= 11 is -6.02. The van der Waals surface area contributed by atoms with E-state index in [1.165, 1.54) is 0 Å². The van der Waals surface area contributed by atoms with Gasteiger partial charge in [0.25, 0.3) is 23.0 Å². The van der Waals surface area contributed by atoms with Crippen LogP contribution in [0.3, 0.4) is 0 Å². The topological polar surface area (TPSA) is 328 Å². The van der Waals surface area contributed by atoms with Crippen LogP contribution in [0.2, 0.25) is 0 Å². The molecule has 18 nitrogen and oxygen atoms in total. The zero-order valence-electron chi connectivity index (χ0n) is 15.3. The number of rotatable bonds is 6. The van der Waals surface area contributed by atoms with E-state index in [2.05, 4.69) is 30.9 Å². The van der Waals surface area contributed by atoms with Crippen molar-refractivity contribution in [2.45, 2.75) is 24.4 Å². The Morgan fingerprint density at radius 1 is 0.871 bits per heavy atom. The molecule has 2 aliphatic heterocycles. The summed E-state index contributed by atoms with van der Waals surface area (Å²) < 4.78 is 43.5. The van der Waals surface area contributed by atoms with Gasteiger partial charge in [0.15, 0.2) is 12.2 Å². The minimum absolute atomic E-state index is 0.272. The molecule has 0 radical (unpaired) electrons. The quantitative estimate of drug-likeness (QED) is 0.0874. The average molecular weight is 544 g/mol. The molecular weight excluding hydrogens is 524 g/mol. The van der Waals surface area contributed by atoms with Crippen LogP contribution in [-0.4, -0.2) is 80.2 Å². The van der Waals surface area contributed by atoms with Crippen molar-refractivity contribution in [2.75, 3.05) is 13.2 Å². The number of carbonyl (C=O) groups is 2. The Labute approximate surface area is 175 Å². The van der Waals surface area contributed by atoms with Gasteiger partial charge in [-0.2, -0.15) is 11.8 Å². The molecule has 0 amide bonds. The second kappa shape index (κ2) is 12.4. The van der Waals surface area contributed by atoms with E-state index in [0.29, 0.717) is 0 Å². The number of carbonyl (C=O) groups excluding carboxylic acids is 2. The van der Waals surface area contributed by atoms with Gasteiger partial charge in [-0.25, -0.2) is 9.59 Å². The molecule has 2 heterocycles. The van der Waals surface area contributed by atoms with E-state index >= 15 is 0 Å². The SMILES string of the molecule is [NH3+]OC1=C(O)C(=O)O[C@@H]1[C@@H](O)CO.[NH3+]OC1=C(O)C(=O)O[C@@H]1[C@@H](O)CO.[O]=[Mo](=[O])([O-])[O-]. The van der Waals surface area contributed by atoms with E-state index in [1.54, 1.807) is 0 Å². The van der Waals surface area contributed by atoms with Gasteiger partial charge in [-0.05, 0) is 0 Å². The molecule has 0 bridgehead atoms. The molecule has 12 N–H and O–H groups in total. The molecule has 2 aliphatic rings. The Bertz CT molecular complexity index is 747. The van der Waals surface area contributed by atoms with Crippen LogP contribution in [0.15, 0.2) is 23.0 Å². The number of hydrogen-bond acceptors (Lipinski definition) is 16. The molecule has 0 saturated heterocycles. The molecule has 0 aliphatic carbocycles. The van der Waals surface area contributed by atoms with Gasteiger partial charge >= 0.3 is 43.0 Å². The van der Waals surface area contributed by atoms with Crippen molar-refractivity contribution < 1.29 is 102 Å². The molecule has 0 unspecified atom stereocenters. The first kappa shape index (κ1) is 28.6. The summed E-state index contributed by atoms with van der Waals surface area (Å²) in [4.78, 5) is 30.3. The van der Waals surface area contributed by atoms with Crippen LogP contribution in [0.25, 0.3) is 0 Å². The van der Waals surface area contributed by atoms with Crippen LogP contribution in [-0.2, 0) is 52.3 Å². The fourth-order valence-electron chi connectivity index (χ4n) is 1.92. The zero-order chi connectivity index (χ0) is 24.5. The van der Waals surface area contributed by atoms with Gasteiger partial charge in [0.05, 0.1) is 13.2 Å². The molecule has 180 valence electrons. The van der Waals surface area contributed by atoms with E-state index in [4.69, 9.17) is 45.0 Å². The van der Waals surface area contributed by atoms with Gasteiger partial charge in [0.2, 0.25) is 0 Å². The number of esters is 2. The number of hydrogen-bond donors (Lipinski definition) is 8. The number of quaternary nitrogens is 2. The first-order valence-electron chi connectivity index (χ1n) is 7.60. The Balaban J connectivity index is 0.000000479. The van der Waals surface area contributed by atoms with Gasteiger partial charge in [-0.3, -0.25) is 0 Å². The molecule has 0 aromatic rings. The van der Waals surface area contributed by atoms with Crippen molar-refractivity contribution in [2.24, 2.45) is 0 Å². The molecule has 19 heteroatoms. The fourth-order valence-corrected chi connectivity index (χ4v) is 1.92. The fraction of sp³-hybridized carbons (Fsp3) is 0.500. The van der Waals surface area contributed by atoms with Gasteiger partial charge in [0, 0.05) is 0 Å². The Kier molecular flexibility index (Phi) is 11.5. The summed E-state index contributed by atoms with van der Waals surface area (Å²) in [7, 11) is 0. The van der Waals surface area contributed by atoms with Crippen LogP contribution in [0.4, 0.5) is 0 Å². The van der Waals surface area contributed by atoms with E-state index in [9.17, 15) is 9.59 Å². The van der Waals surface area contributed by atoms with E-state index in [0.717, 1.165) is 0 Å². The molecule has 0 fully saturated rings. The molecule has 0 spiro atoms. The molecule has 0 saturated carbocycles. The summed E-state index contributed by atoms with van der Waals surface area (Å²) in [6.45, 7) is -1.23. The monoisotopic (exact) mass is 546 g/mol. The second-order valence-corrected chi connectivity index (χ2v) is 7.28. The summed E-state index contributed by atoms with van der Waals surface area (Å²) in [6, 6.07) is 0. The minimum atomic E-state index is -6.02. The molecule has 2 rings (SSSR count). The van der Waals surface area contributed by atoms with Gasteiger partial charge in [0.1, 0.15) is 12.2 Å². The van der Waals surface area contributed by atoms with Crippen LogP contribution in [0.5, 0.6) is 0 Å². The number of aliphatic hydroxyl groups excluding tert-OH is 6. The first-order chi connectivity index (χ1) is 14.2. The third-order valence-electron chi connectivity index (χ3n) is 3.22. The Morgan fingerprint density at radius 2 is 1.13 bits per heavy atom. The van der Waals surface area contributed by atoms with Crippen molar-refractivity contribution in [3.05, 3.63) is 23.0 Å². The Hall–Kier alpha value is -2.41. The van der Waals surface area contributed by atoms with E-state index in [-0.39, 0.29) is 11.5 Å². The maximum atomic E-state index is 10.7. The number of ether oxygens (including phenoxy) is 2. The molecule has 31 heavy (non-hydrogen) atoms. The summed E-state index contributed by atoms with van der Waals surface area (Å²) in [5, 5.41) is 53.4. The van der Waals surface area contributed by atoms with Crippen molar-refractivity contribution in [1.29, 1.82) is 0 Å². The van der Waals surface area contributed by atoms with Crippen LogP contribution in [0.1, 0.15) is 0 Å². The Morgan fingerprint density at radius 3 is 1.32 bits per heavy atom. The number of aliphatic hydroxyl groups is 6. The van der Waals surface area contributed by atoms with E-state index < -0.39 is 77.8 Å². The molecule has 4 atom stereocenters. The normalized spacial score (nSPS) is 22.5. The third-order valence-corrected chi connectivity index (χ3v) is 3.22. The van der Waals surface area contributed by atoms with Crippen molar-refractivity contribution in [1.82, 2.24) is 0 Å². The van der Waals surface area contributed by atoms with Crippen molar-refractivity contribution >= 4 is 11.9 Å². The summed E-state index contributed by atoms with van der Waals surface area (Å²) in [6.07, 6.45) is -5.03. The third kappa shape index (κ3) is 8.69.